The Morgan fingerprint density at radius 2 is 2.21 bits per heavy atom. The summed E-state index contributed by atoms with van der Waals surface area (Å²) in [5.41, 5.74) is -0.873. The number of benzene rings is 1. The van der Waals surface area contributed by atoms with Crippen LogP contribution in [0.2, 0.25) is 0 Å². The summed E-state index contributed by atoms with van der Waals surface area (Å²) >= 11 is 3.43. The molecule has 1 fully saturated rings. The number of hydrogen-bond acceptors (Lipinski definition) is 4. The number of methoxy groups -OCH3 is 1. The lowest BCUT2D eigenvalue weighted by molar-refractivity contribution is 0.0118. The van der Waals surface area contributed by atoms with Crippen molar-refractivity contribution in [3.63, 3.8) is 0 Å². The Morgan fingerprint density at radius 3 is 2.79 bits per heavy atom. The number of halogens is 1. The first kappa shape index (κ1) is 14.6. The van der Waals surface area contributed by atoms with Gasteiger partial charge in [0.1, 0.15) is 23.7 Å². The highest BCUT2D eigenvalue weighted by atomic mass is 79.9. The van der Waals surface area contributed by atoms with Crippen LogP contribution in [0.25, 0.3) is 0 Å². The number of hydrogen-bond donors (Lipinski definition) is 2. The van der Waals surface area contributed by atoms with Crippen molar-refractivity contribution in [1.29, 1.82) is 0 Å². The fourth-order valence-corrected chi connectivity index (χ4v) is 2.13. The highest BCUT2D eigenvalue weighted by Gasteiger charge is 2.27. The molecule has 2 rings (SSSR count). The maximum absolute atomic E-state index is 10.2. The minimum atomic E-state index is -0.873. The van der Waals surface area contributed by atoms with E-state index in [1.165, 1.54) is 12.8 Å². The van der Waals surface area contributed by atoms with E-state index in [-0.39, 0.29) is 6.61 Å². The average Bonchev–Trinajstić information content (AvgIpc) is 3.19. The molecule has 1 aromatic rings. The van der Waals surface area contributed by atoms with E-state index in [4.69, 9.17) is 9.47 Å². The fraction of sp³-hybridized carbons (Fsp3) is 0.571. The van der Waals surface area contributed by atoms with Crippen LogP contribution < -0.4 is 14.8 Å². The van der Waals surface area contributed by atoms with Gasteiger partial charge in [-0.2, -0.15) is 0 Å². The maximum Gasteiger partial charge on any atom is 0.133 e. The monoisotopic (exact) mass is 329 g/mol. The predicted octanol–water partition coefficient (Wildman–Crippen LogP) is 2.34. The first-order valence-corrected chi connectivity index (χ1v) is 7.21. The molecule has 0 saturated heterocycles. The van der Waals surface area contributed by atoms with Crippen molar-refractivity contribution >= 4 is 15.9 Å². The molecule has 0 aromatic heterocycles. The fourth-order valence-electron chi connectivity index (χ4n) is 1.66. The molecule has 19 heavy (non-hydrogen) atoms. The number of ether oxygens (including phenoxy) is 2. The minimum absolute atomic E-state index is 0.248. The first-order chi connectivity index (χ1) is 9.00. The lowest BCUT2D eigenvalue weighted by Crippen LogP contribution is -2.43. The van der Waals surface area contributed by atoms with Crippen LogP contribution in [-0.4, -0.2) is 37.0 Å². The zero-order valence-electron chi connectivity index (χ0n) is 11.3. The lowest BCUT2D eigenvalue weighted by Gasteiger charge is -2.24. The largest absolute Gasteiger partial charge is 0.497 e. The third kappa shape index (κ3) is 4.67. The van der Waals surface area contributed by atoms with Crippen LogP contribution in [0, 0.1) is 0 Å². The van der Waals surface area contributed by atoms with Gasteiger partial charge in [0, 0.05) is 12.6 Å². The van der Waals surface area contributed by atoms with Gasteiger partial charge in [0.2, 0.25) is 0 Å². The second-order valence-corrected chi connectivity index (χ2v) is 6.09. The van der Waals surface area contributed by atoms with Crippen LogP contribution in [0.5, 0.6) is 11.5 Å². The van der Waals surface area contributed by atoms with Crippen LogP contribution in [0.3, 0.4) is 0 Å². The normalized spacial score (nSPS) is 17.9. The van der Waals surface area contributed by atoms with E-state index in [1.54, 1.807) is 14.0 Å². The van der Waals surface area contributed by atoms with Gasteiger partial charge < -0.3 is 19.9 Å². The quantitative estimate of drug-likeness (QED) is 0.806. The molecular weight excluding hydrogens is 310 g/mol. The summed E-state index contributed by atoms with van der Waals surface area (Å²) in [6.45, 7) is 2.57. The molecule has 1 unspecified atom stereocenters. The third-order valence-corrected chi connectivity index (χ3v) is 3.65. The van der Waals surface area contributed by atoms with Crippen LogP contribution in [0.1, 0.15) is 19.8 Å². The second-order valence-electron chi connectivity index (χ2n) is 5.24. The smallest absolute Gasteiger partial charge is 0.133 e. The molecule has 106 valence electrons. The summed E-state index contributed by atoms with van der Waals surface area (Å²) in [4.78, 5) is 0. The van der Waals surface area contributed by atoms with Gasteiger partial charge in [-0.3, -0.25) is 0 Å². The van der Waals surface area contributed by atoms with Crippen LogP contribution in [-0.2, 0) is 0 Å². The summed E-state index contributed by atoms with van der Waals surface area (Å²) in [5.74, 6) is 1.47. The molecule has 5 heteroatoms. The van der Waals surface area contributed by atoms with Gasteiger partial charge in [-0.05, 0) is 53.9 Å². The van der Waals surface area contributed by atoms with Crippen molar-refractivity contribution in [3.8, 4) is 11.5 Å². The Bertz CT molecular complexity index is 433. The Balaban J connectivity index is 1.86. The zero-order valence-corrected chi connectivity index (χ0v) is 12.9. The molecule has 0 aliphatic heterocycles. The van der Waals surface area contributed by atoms with Gasteiger partial charge in [0.15, 0.2) is 0 Å². The Morgan fingerprint density at radius 1 is 1.47 bits per heavy atom. The zero-order chi connectivity index (χ0) is 13.9. The average molecular weight is 330 g/mol. The van der Waals surface area contributed by atoms with E-state index in [0.717, 1.165) is 10.2 Å². The molecule has 1 aliphatic rings. The summed E-state index contributed by atoms with van der Waals surface area (Å²) in [7, 11) is 1.62. The topological polar surface area (TPSA) is 50.7 Å². The van der Waals surface area contributed by atoms with E-state index in [9.17, 15) is 5.11 Å². The molecule has 0 amide bonds. The van der Waals surface area contributed by atoms with Gasteiger partial charge in [0.05, 0.1) is 11.6 Å². The Labute approximate surface area is 122 Å². The van der Waals surface area contributed by atoms with Crippen molar-refractivity contribution < 1.29 is 14.6 Å². The minimum Gasteiger partial charge on any atom is -0.497 e. The standard InChI is InChI=1S/C14H20BrNO3/c1-14(17,8-16-10-3-4-10)9-19-13-6-5-11(18-2)7-12(13)15/h5-7,10,16-17H,3-4,8-9H2,1-2H3. The van der Waals surface area contributed by atoms with Crippen LogP contribution >= 0.6 is 15.9 Å². The molecule has 2 N–H and O–H groups in total. The molecule has 1 saturated carbocycles. The second kappa shape index (κ2) is 6.11. The molecule has 0 heterocycles. The summed E-state index contributed by atoms with van der Waals surface area (Å²) in [6.07, 6.45) is 2.42. The van der Waals surface area contributed by atoms with Gasteiger partial charge >= 0.3 is 0 Å². The van der Waals surface area contributed by atoms with Crippen LogP contribution in [0.15, 0.2) is 22.7 Å². The Kier molecular flexibility index (Phi) is 4.71. The van der Waals surface area contributed by atoms with E-state index in [2.05, 4.69) is 21.2 Å². The van der Waals surface area contributed by atoms with Crippen molar-refractivity contribution in [2.24, 2.45) is 0 Å². The van der Waals surface area contributed by atoms with Gasteiger partial charge in [0.25, 0.3) is 0 Å². The maximum atomic E-state index is 10.2. The van der Waals surface area contributed by atoms with Crippen molar-refractivity contribution in [2.45, 2.75) is 31.4 Å². The molecule has 0 radical (unpaired) electrons. The number of nitrogens with one attached hydrogen (secondary N) is 1. The molecule has 4 nitrogen and oxygen atoms in total. The van der Waals surface area contributed by atoms with E-state index in [0.29, 0.717) is 18.3 Å². The predicted molar refractivity (Wildman–Crippen MR) is 77.8 cm³/mol. The Hall–Kier alpha value is -0.780. The van der Waals surface area contributed by atoms with Gasteiger partial charge in [-0.25, -0.2) is 0 Å². The molecule has 1 atom stereocenters. The summed E-state index contributed by atoms with van der Waals surface area (Å²) in [6, 6.07) is 6.08. The van der Waals surface area contributed by atoms with Crippen molar-refractivity contribution in [1.82, 2.24) is 5.32 Å². The van der Waals surface area contributed by atoms with Gasteiger partial charge in [-0.1, -0.05) is 0 Å². The van der Waals surface area contributed by atoms with Crippen molar-refractivity contribution in [3.05, 3.63) is 22.7 Å². The molecule has 1 aromatic carbocycles. The van der Waals surface area contributed by atoms with E-state index >= 15 is 0 Å². The molecule has 0 spiro atoms. The van der Waals surface area contributed by atoms with Gasteiger partial charge in [-0.15, -0.1) is 0 Å². The highest BCUT2D eigenvalue weighted by Crippen LogP contribution is 2.29. The lowest BCUT2D eigenvalue weighted by atomic mass is 10.1. The highest BCUT2D eigenvalue weighted by molar-refractivity contribution is 9.10. The molecule has 0 bridgehead atoms. The van der Waals surface area contributed by atoms with E-state index in [1.807, 2.05) is 18.2 Å². The third-order valence-electron chi connectivity index (χ3n) is 3.03. The first-order valence-electron chi connectivity index (χ1n) is 6.42. The molecule has 1 aliphatic carbocycles. The summed E-state index contributed by atoms with van der Waals surface area (Å²) in [5, 5.41) is 13.5. The van der Waals surface area contributed by atoms with E-state index < -0.39 is 5.60 Å². The molecular formula is C14H20BrNO3. The number of rotatable bonds is 7. The van der Waals surface area contributed by atoms with Crippen LogP contribution in [0.4, 0.5) is 0 Å². The summed E-state index contributed by atoms with van der Waals surface area (Å²) < 4.78 is 11.6. The number of aliphatic hydroxyl groups is 1. The SMILES string of the molecule is COc1ccc(OCC(C)(O)CNC2CC2)c(Br)c1. The van der Waals surface area contributed by atoms with Crippen molar-refractivity contribution in [2.75, 3.05) is 20.3 Å².